The molecule has 0 heterocycles. The number of quaternary nitrogens is 1. The number of carbonyl (C=O) groups is 1. The highest BCUT2D eigenvalue weighted by molar-refractivity contribution is 7.47. The van der Waals surface area contributed by atoms with Gasteiger partial charge in [0.1, 0.15) is 13.2 Å². The van der Waals surface area contributed by atoms with Gasteiger partial charge in [-0.2, -0.15) is 0 Å². The summed E-state index contributed by atoms with van der Waals surface area (Å²) in [5.74, 6) is -0.187. The maximum absolute atomic E-state index is 13.1. The molecule has 502 valence electrons. The highest BCUT2D eigenvalue weighted by atomic mass is 31.2. The number of nitrogens with one attached hydrogen (secondary N) is 1. The van der Waals surface area contributed by atoms with E-state index in [1.165, 1.54) is 186 Å². The van der Waals surface area contributed by atoms with Crippen molar-refractivity contribution in [2.45, 2.75) is 328 Å². The highest BCUT2D eigenvalue weighted by Gasteiger charge is 2.28. The molecule has 0 fully saturated rings. The molecule has 0 aromatic carbocycles. The lowest BCUT2D eigenvalue weighted by atomic mass is 10.0. The molecule has 3 unspecified atom stereocenters. The second-order valence-corrected chi connectivity index (χ2v) is 27.0. The molecule has 0 aromatic heterocycles. The van der Waals surface area contributed by atoms with Crippen LogP contribution in [0.4, 0.5) is 0 Å². The first kappa shape index (κ1) is 83.9. The molecular formula is C78H140N2O6P+. The van der Waals surface area contributed by atoms with E-state index in [0.717, 1.165) is 96.3 Å². The average molecular weight is 1230 g/mol. The molecule has 0 saturated carbocycles. The zero-order valence-corrected chi connectivity index (χ0v) is 58.4. The maximum Gasteiger partial charge on any atom is 0.472 e. The van der Waals surface area contributed by atoms with Gasteiger partial charge < -0.3 is 19.8 Å². The number of aliphatic hydroxyl groups is 1. The fraction of sp³-hybridized carbons (Fsp3) is 0.731. The Kier molecular flexibility index (Phi) is 64.9. The second kappa shape index (κ2) is 67.3. The number of phosphoric ester groups is 1. The van der Waals surface area contributed by atoms with Crippen molar-refractivity contribution < 1.29 is 32.9 Å². The van der Waals surface area contributed by atoms with Crippen molar-refractivity contribution in [2.24, 2.45) is 0 Å². The van der Waals surface area contributed by atoms with Gasteiger partial charge in [0.15, 0.2) is 0 Å². The van der Waals surface area contributed by atoms with Crippen molar-refractivity contribution in [2.75, 3.05) is 40.9 Å². The van der Waals surface area contributed by atoms with Gasteiger partial charge >= 0.3 is 7.82 Å². The van der Waals surface area contributed by atoms with Gasteiger partial charge in [0.05, 0.1) is 39.9 Å². The van der Waals surface area contributed by atoms with Gasteiger partial charge in [-0.3, -0.25) is 13.8 Å². The van der Waals surface area contributed by atoms with Crippen molar-refractivity contribution in [3.63, 3.8) is 0 Å². The third-order valence-corrected chi connectivity index (χ3v) is 17.0. The van der Waals surface area contributed by atoms with Gasteiger partial charge in [-0.1, -0.05) is 341 Å². The number of carbonyl (C=O) groups excluding carboxylic acids is 1. The van der Waals surface area contributed by atoms with Gasteiger partial charge in [0.2, 0.25) is 5.91 Å². The van der Waals surface area contributed by atoms with Crippen molar-refractivity contribution in [3.05, 3.63) is 122 Å². The number of amides is 1. The molecule has 0 spiro atoms. The first-order valence-corrected chi connectivity index (χ1v) is 37.9. The number of aliphatic hydroxyl groups excluding tert-OH is 1. The molecule has 0 radical (unpaired) electrons. The molecule has 3 atom stereocenters. The summed E-state index contributed by atoms with van der Waals surface area (Å²) in [6.07, 6.45) is 100. The van der Waals surface area contributed by atoms with Gasteiger partial charge in [-0.25, -0.2) is 4.57 Å². The molecule has 0 saturated heterocycles. The molecule has 0 aliphatic rings. The Hall–Kier alpha value is -3.10. The van der Waals surface area contributed by atoms with E-state index < -0.39 is 20.0 Å². The summed E-state index contributed by atoms with van der Waals surface area (Å²) >= 11 is 0. The molecule has 0 aliphatic carbocycles. The fourth-order valence-electron chi connectivity index (χ4n) is 10.4. The predicted molar refractivity (Wildman–Crippen MR) is 382 cm³/mol. The molecule has 0 aliphatic heterocycles. The van der Waals surface area contributed by atoms with E-state index in [-0.39, 0.29) is 19.1 Å². The largest absolute Gasteiger partial charge is 0.472 e. The third-order valence-electron chi connectivity index (χ3n) is 16.0. The molecule has 0 rings (SSSR count). The number of hydrogen-bond acceptors (Lipinski definition) is 5. The van der Waals surface area contributed by atoms with E-state index in [9.17, 15) is 19.4 Å². The second-order valence-electron chi connectivity index (χ2n) is 25.6. The van der Waals surface area contributed by atoms with Crippen LogP contribution in [0.5, 0.6) is 0 Å². The van der Waals surface area contributed by atoms with Crippen molar-refractivity contribution in [1.29, 1.82) is 0 Å². The van der Waals surface area contributed by atoms with E-state index >= 15 is 0 Å². The lowest BCUT2D eigenvalue weighted by Crippen LogP contribution is -2.46. The molecule has 0 bridgehead atoms. The monoisotopic (exact) mass is 1230 g/mol. The molecule has 87 heavy (non-hydrogen) atoms. The third kappa shape index (κ3) is 70.2. The van der Waals surface area contributed by atoms with E-state index in [0.29, 0.717) is 30.3 Å². The number of unbranched alkanes of at least 4 members (excludes halogenated alkanes) is 33. The Labute approximate surface area is 539 Å². The smallest absolute Gasteiger partial charge is 0.391 e. The predicted octanol–water partition coefficient (Wildman–Crippen LogP) is 23.6. The summed E-state index contributed by atoms with van der Waals surface area (Å²) in [6, 6.07) is -0.796. The molecule has 9 heteroatoms. The van der Waals surface area contributed by atoms with E-state index in [2.05, 4.69) is 141 Å². The van der Waals surface area contributed by atoms with Crippen LogP contribution in [0, 0.1) is 0 Å². The van der Waals surface area contributed by atoms with Crippen LogP contribution in [0.1, 0.15) is 316 Å². The average Bonchev–Trinajstić information content (AvgIpc) is 3.71. The molecule has 0 aromatic rings. The Balaban J connectivity index is 4.15. The van der Waals surface area contributed by atoms with E-state index in [1.807, 2.05) is 21.1 Å². The van der Waals surface area contributed by atoms with Gasteiger partial charge in [-0.15, -0.1) is 0 Å². The molecule has 1 amide bonds. The normalized spacial score (nSPS) is 14.3. The summed E-state index contributed by atoms with van der Waals surface area (Å²) < 4.78 is 23.9. The summed E-state index contributed by atoms with van der Waals surface area (Å²) in [5, 5.41) is 14.1. The van der Waals surface area contributed by atoms with Crippen LogP contribution >= 0.6 is 7.82 Å². The Morgan fingerprint density at radius 3 is 0.989 bits per heavy atom. The number of allylic oxidation sites excluding steroid dienone is 20. The lowest BCUT2D eigenvalue weighted by molar-refractivity contribution is -0.870. The SMILES string of the molecule is CC/C=C\C/C=C\C/C=C\C/C=C\C/C=C\C/C=C\C/C=C\C/C=C\C/C=C\C/C=C\CCCCC(=O)NC(COP(=O)(O)OCC[N+](C)(C)C)C(O)CCCCCCCCCCCCCCCCCCCCCCCCCCCCCCCCCC. The minimum absolute atomic E-state index is 0.0599. The van der Waals surface area contributed by atoms with Crippen LogP contribution < -0.4 is 5.32 Å². The lowest BCUT2D eigenvalue weighted by Gasteiger charge is -2.26. The van der Waals surface area contributed by atoms with Crippen molar-refractivity contribution in [3.8, 4) is 0 Å². The molecule has 8 nitrogen and oxygen atoms in total. The van der Waals surface area contributed by atoms with E-state index in [1.54, 1.807) is 0 Å². The van der Waals surface area contributed by atoms with Crippen LogP contribution in [-0.4, -0.2) is 73.4 Å². The summed E-state index contributed by atoms with van der Waals surface area (Å²) in [4.78, 5) is 23.5. The Morgan fingerprint density at radius 1 is 0.402 bits per heavy atom. The number of rotatable bonds is 66. The topological polar surface area (TPSA) is 105 Å². The Morgan fingerprint density at radius 2 is 0.690 bits per heavy atom. The maximum atomic E-state index is 13.1. The number of likely N-dealkylation sites (N-methyl/N-ethyl adjacent to an activating group) is 1. The Bertz CT molecular complexity index is 1840. The van der Waals surface area contributed by atoms with Gasteiger partial charge in [0.25, 0.3) is 0 Å². The van der Waals surface area contributed by atoms with Crippen LogP contribution in [0.2, 0.25) is 0 Å². The van der Waals surface area contributed by atoms with Crippen molar-refractivity contribution in [1.82, 2.24) is 5.32 Å². The minimum atomic E-state index is -4.35. The zero-order valence-electron chi connectivity index (χ0n) is 57.5. The first-order chi connectivity index (χ1) is 42.5. The number of phosphoric acid groups is 1. The number of hydrogen-bond donors (Lipinski definition) is 3. The summed E-state index contributed by atoms with van der Waals surface area (Å²) in [6.45, 7) is 4.76. The summed E-state index contributed by atoms with van der Waals surface area (Å²) in [7, 11) is 1.58. The number of nitrogens with zero attached hydrogens (tertiary/aromatic N) is 1. The van der Waals surface area contributed by atoms with Crippen LogP contribution in [0.3, 0.4) is 0 Å². The van der Waals surface area contributed by atoms with E-state index in [4.69, 9.17) is 9.05 Å². The molecule has 3 N–H and O–H groups in total. The van der Waals surface area contributed by atoms with Gasteiger partial charge in [0, 0.05) is 6.42 Å². The van der Waals surface area contributed by atoms with Crippen LogP contribution in [0.15, 0.2) is 122 Å². The quantitative estimate of drug-likeness (QED) is 0.0243. The fourth-order valence-corrected chi connectivity index (χ4v) is 11.1. The van der Waals surface area contributed by atoms with Crippen LogP contribution in [0.25, 0.3) is 0 Å². The minimum Gasteiger partial charge on any atom is -0.391 e. The van der Waals surface area contributed by atoms with Gasteiger partial charge in [-0.05, 0) is 89.9 Å². The molecular weight excluding hydrogens is 1090 g/mol. The van der Waals surface area contributed by atoms with Crippen LogP contribution in [-0.2, 0) is 18.4 Å². The first-order valence-electron chi connectivity index (χ1n) is 36.4. The zero-order chi connectivity index (χ0) is 63.4. The standard InChI is InChI=1S/C78H139N2O6P/c1-6-8-10-12-14-16-18-20-22-24-26-28-30-32-34-36-38-40-42-44-46-48-50-52-54-56-58-60-62-64-66-68-70-72-78(82)79-76(75-86-87(83,84)85-74-73-80(3,4)5)77(81)71-69-67-65-63-61-59-57-55-53-51-49-47-45-43-41-39-37-35-33-31-29-27-25-23-21-19-17-15-13-11-9-7-2/h8,10,14,16,20,22,26,28,32,34,38,40,44,46,50,52,56,58,62,64,76-77,81H,6-7,9,11-13,15,17-19,21,23-25,27,29-31,33,35-37,39,41-43,45,47-49,51,53-55,57,59-61,63,65-75H2,1-5H3,(H-,79,82,83,84)/p+1/b10-8-,16-14-,22-20-,28-26-,34-32-,40-38-,46-44-,52-50-,58-56-,64-62-. The summed E-state index contributed by atoms with van der Waals surface area (Å²) in [5.41, 5.74) is 0. The van der Waals surface area contributed by atoms with Crippen molar-refractivity contribution >= 4 is 13.7 Å². The highest BCUT2D eigenvalue weighted by Crippen LogP contribution is 2.43.